The van der Waals surface area contributed by atoms with Gasteiger partial charge in [0.2, 0.25) is 0 Å². The Morgan fingerprint density at radius 3 is 2.29 bits per heavy atom. The van der Waals surface area contributed by atoms with Gasteiger partial charge in [-0.2, -0.15) is 0 Å². The Balaban J connectivity index is 1.35. The minimum atomic E-state index is -1.36. The second-order valence-electron chi connectivity index (χ2n) is 6.98. The molecule has 0 saturated heterocycles. The van der Waals surface area contributed by atoms with Gasteiger partial charge < -0.3 is 15.2 Å². The highest BCUT2D eigenvalue weighted by Gasteiger charge is 2.28. The number of carboxylic acids is 1. The molecule has 0 heterocycles. The monoisotopic (exact) mass is 415 g/mol. The quantitative estimate of drug-likeness (QED) is 0.619. The minimum Gasteiger partial charge on any atom is -0.478 e. The highest BCUT2D eigenvalue weighted by Crippen LogP contribution is 2.44. The first-order valence-electron chi connectivity index (χ1n) is 9.65. The number of aromatic carboxylic acids is 1. The van der Waals surface area contributed by atoms with E-state index in [1.54, 1.807) is 0 Å². The van der Waals surface area contributed by atoms with E-state index in [1.165, 1.54) is 6.07 Å². The van der Waals surface area contributed by atoms with Crippen LogP contribution in [-0.4, -0.2) is 30.3 Å². The van der Waals surface area contributed by atoms with Crippen LogP contribution in [-0.2, 0) is 4.74 Å². The van der Waals surface area contributed by atoms with E-state index in [2.05, 4.69) is 29.3 Å². The lowest BCUT2D eigenvalue weighted by atomic mass is 9.98. The molecular formula is C25H18FNO4. The molecule has 1 amide bonds. The summed E-state index contributed by atoms with van der Waals surface area (Å²) in [7, 11) is 0. The van der Waals surface area contributed by atoms with Gasteiger partial charge in [-0.1, -0.05) is 60.4 Å². The van der Waals surface area contributed by atoms with Gasteiger partial charge in [-0.3, -0.25) is 0 Å². The number of hydrogen-bond donors (Lipinski definition) is 2. The molecule has 0 unspecified atom stereocenters. The maximum absolute atomic E-state index is 13.4. The number of ether oxygens (including phenoxy) is 1. The third-order valence-electron chi connectivity index (χ3n) is 5.09. The molecule has 0 spiro atoms. The van der Waals surface area contributed by atoms with Crippen molar-refractivity contribution in [3.63, 3.8) is 0 Å². The zero-order valence-electron chi connectivity index (χ0n) is 16.4. The number of hydrogen-bond acceptors (Lipinski definition) is 3. The van der Waals surface area contributed by atoms with Gasteiger partial charge in [0.25, 0.3) is 0 Å². The number of fused-ring (bicyclic) bond motifs is 3. The molecule has 6 heteroatoms. The standard InChI is InChI=1S/C25H18FNO4/c26-23-12-11-16(14-21(23)24(28)29)6-5-13-27-25(30)31-15-22-19-9-3-1-7-17(19)18-8-2-4-10-20(18)22/h1-4,7-12,14,22H,13,15H2,(H,27,30)(H,28,29). The number of alkyl carbamates (subject to hydrolysis) is 1. The predicted molar refractivity (Wildman–Crippen MR) is 113 cm³/mol. The molecule has 2 N–H and O–H groups in total. The fourth-order valence-corrected chi connectivity index (χ4v) is 3.68. The van der Waals surface area contributed by atoms with Crippen LogP contribution in [0, 0.1) is 17.7 Å². The Hall–Kier alpha value is -4.11. The molecule has 0 aliphatic heterocycles. The maximum Gasteiger partial charge on any atom is 0.407 e. The van der Waals surface area contributed by atoms with E-state index >= 15 is 0 Å². The summed E-state index contributed by atoms with van der Waals surface area (Å²) in [6, 6.07) is 19.7. The van der Waals surface area contributed by atoms with Crippen molar-refractivity contribution in [2.75, 3.05) is 13.2 Å². The average molecular weight is 415 g/mol. The Morgan fingerprint density at radius 2 is 1.65 bits per heavy atom. The van der Waals surface area contributed by atoms with Crippen LogP contribution in [0.2, 0.25) is 0 Å². The molecule has 0 bridgehead atoms. The van der Waals surface area contributed by atoms with E-state index in [4.69, 9.17) is 9.84 Å². The molecule has 0 radical (unpaired) electrons. The van der Waals surface area contributed by atoms with Crippen molar-refractivity contribution in [1.82, 2.24) is 5.32 Å². The molecule has 0 atom stereocenters. The van der Waals surface area contributed by atoms with Crippen molar-refractivity contribution in [1.29, 1.82) is 0 Å². The SMILES string of the molecule is O=C(NCC#Cc1ccc(F)c(C(=O)O)c1)OCC1c2ccccc2-c2ccccc21. The highest BCUT2D eigenvalue weighted by molar-refractivity contribution is 5.88. The fraction of sp³-hybridized carbons (Fsp3) is 0.120. The van der Waals surface area contributed by atoms with Gasteiger partial charge in [0.1, 0.15) is 12.4 Å². The van der Waals surface area contributed by atoms with Crippen LogP contribution in [0.5, 0.6) is 0 Å². The van der Waals surface area contributed by atoms with Gasteiger partial charge in [0, 0.05) is 11.5 Å². The lowest BCUT2D eigenvalue weighted by Crippen LogP contribution is -2.26. The van der Waals surface area contributed by atoms with E-state index < -0.39 is 23.4 Å². The summed E-state index contributed by atoms with van der Waals surface area (Å²) in [5, 5.41) is 11.5. The van der Waals surface area contributed by atoms with Crippen LogP contribution < -0.4 is 5.32 Å². The lowest BCUT2D eigenvalue weighted by Gasteiger charge is -2.14. The summed E-state index contributed by atoms with van der Waals surface area (Å²) in [6.07, 6.45) is -0.596. The zero-order valence-corrected chi connectivity index (χ0v) is 16.4. The number of benzene rings is 3. The molecular weight excluding hydrogens is 397 g/mol. The van der Waals surface area contributed by atoms with E-state index in [0.717, 1.165) is 34.4 Å². The third kappa shape index (κ3) is 4.26. The predicted octanol–water partition coefficient (Wildman–Crippen LogP) is 4.41. The van der Waals surface area contributed by atoms with Crippen molar-refractivity contribution in [2.45, 2.75) is 5.92 Å². The van der Waals surface area contributed by atoms with E-state index in [-0.39, 0.29) is 19.1 Å². The largest absolute Gasteiger partial charge is 0.478 e. The molecule has 154 valence electrons. The number of halogens is 1. The van der Waals surface area contributed by atoms with Crippen molar-refractivity contribution >= 4 is 12.1 Å². The topological polar surface area (TPSA) is 75.6 Å². The summed E-state index contributed by atoms with van der Waals surface area (Å²) < 4.78 is 18.8. The molecule has 4 rings (SSSR count). The summed E-state index contributed by atoms with van der Waals surface area (Å²) in [4.78, 5) is 23.1. The number of rotatable bonds is 4. The first-order chi connectivity index (χ1) is 15.0. The first kappa shape index (κ1) is 20.2. The zero-order chi connectivity index (χ0) is 21.8. The normalized spacial score (nSPS) is 11.6. The lowest BCUT2D eigenvalue weighted by molar-refractivity contribution is 0.0691. The maximum atomic E-state index is 13.4. The van der Waals surface area contributed by atoms with Gasteiger partial charge in [0.15, 0.2) is 0 Å². The van der Waals surface area contributed by atoms with Crippen LogP contribution in [0.15, 0.2) is 66.7 Å². The number of carbonyl (C=O) groups is 2. The van der Waals surface area contributed by atoms with Crippen LogP contribution in [0.3, 0.4) is 0 Å². The van der Waals surface area contributed by atoms with Crippen LogP contribution in [0.4, 0.5) is 9.18 Å². The van der Waals surface area contributed by atoms with Crippen molar-refractivity contribution in [2.24, 2.45) is 0 Å². The van der Waals surface area contributed by atoms with Gasteiger partial charge >= 0.3 is 12.1 Å². The Labute approximate surface area is 178 Å². The van der Waals surface area contributed by atoms with E-state index in [0.29, 0.717) is 5.56 Å². The van der Waals surface area contributed by atoms with Gasteiger partial charge in [-0.15, -0.1) is 0 Å². The molecule has 1 aliphatic carbocycles. The minimum absolute atomic E-state index is 0.0104. The number of amides is 1. The number of carboxylic acid groups (broad SMARTS) is 1. The van der Waals surface area contributed by atoms with E-state index in [1.807, 2.05) is 36.4 Å². The van der Waals surface area contributed by atoms with E-state index in [9.17, 15) is 14.0 Å². The molecule has 3 aromatic carbocycles. The van der Waals surface area contributed by atoms with Gasteiger partial charge in [0.05, 0.1) is 12.1 Å². The first-order valence-corrected chi connectivity index (χ1v) is 9.65. The Kier molecular flexibility index (Phi) is 5.67. The number of nitrogens with one attached hydrogen (secondary N) is 1. The second kappa shape index (κ2) is 8.72. The van der Waals surface area contributed by atoms with Crippen molar-refractivity contribution in [3.05, 3.63) is 94.8 Å². The molecule has 1 aliphatic rings. The molecule has 3 aromatic rings. The fourth-order valence-electron chi connectivity index (χ4n) is 3.68. The summed E-state index contributed by atoms with van der Waals surface area (Å²) >= 11 is 0. The van der Waals surface area contributed by atoms with Crippen LogP contribution in [0.1, 0.15) is 33.0 Å². The van der Waals surface area contributed by atoms with Crippen LogP contribution in [0.25, 0.3) is 11.1 Å². The van der Waals surface area contributed by atoms with Gasteiger partial charge in [-0.05, 0) is 40.5 Å². The highest BCUT2D eigenvalue weighted by atomic mass is 19.1. The van der Waals surface area contributed by atoms with Crippen molar-refractivity contribution in [3.8, 4) is 23.0 Å². The average Bonchev–Trinajstić information content (AvgIpc) is 3.10. The summed E-state index contributed by atoms with van der Waals surface area (Å²) in [5.74, 6) is 3.18. The molecule has 0 saturated carbocycles. The Bertz CT molecular complexity index is 1180. The molecule has 31 heavy (non-hydrogen) atoms. The van der Waals surface area contributed by atoms with Crippen LogP contribution >= 0.6 is 0 Å². The molecule has 0 fully saturated rings. The summed E-state index contributed by atoms with van der Waals surface area (Å²) in [5.41, 5.74) is 4.45. The smallest absolute Gasteiger partial charge is 0.407 e. The summed E-state index contributed by atoms with van der Waals surface area (Å²) in [6.45, 7) is 0.212. The number of carbonyl (C=O) groups excluding carboxylic acids is 1. The van der Waals surface area contributed by atoms with Gasteiger partial charge in [-0.25, -0.2) is 14.0 Å². The third-order valence-corrected chi connectivity index (χ3v) is 5.09. The Morgan fingerprint density at radius 1 is 1.00 bits per heavy atom. The molecule has 5 nitrogen and oxygen atoms in total. The second-order valence-corrected chi connectivity index (χ2v) is 6.98. The van der Waals surface area contributed by atoms with Crippen molar-refractivity contribution < 1.29 is 23.8 Å². The molecule has 0 aromatic heterocycles.